The van der Waals surface area contributed by atoms with Crippen molar-refractivity contribution in [3.8, 4) is 0 Å². The van der Waals surface area contributed by atoms with Crippen molar-refractivity contribution >= 4 is 5.91 Å². The fourth-order valence-corrected chi connectivity index (χ4v) is 3.06. The number of nitrogens with one attached hydrogen (secondary N) is 1. The molecule has 1 aromatic carbocycles. The second-order valence-electron chi connectivity index (χ2n) is 5.67. The van der Waals surface area contributed by atoms with E-state index in [-0.39, 0.29) is 18.6 Å². The highest BCUT2D eigenvalue weighted by Gasteiger charge is 2.24. The van der Waals surface area contributed by atoms with Crippen molar-refractivity contribution < 1.29 is 14.6 Å². The monoisotopic (exact) mass is 290 g/mol. The minimum atomic E-state index is 0.0578. The number of hydrogen-bond acceptors (Lipinski definition) is 4. The number of nitrogens with zero attached hydrogens (tertiary/aromatic N) is 1. The van der Waals surface area contributed by atoms with Crippen molar-refractivity contribution in [2.24, 2.45) is 0 Å². The van der Waals surface area contributed by atoms with Crippen molar-refractivity contribution in [3.05, 3.63) is 34.9 Å². The van der Waals surface area contributed by atoms with E-state index in [1.807, 2.05) is 17.0 Å². The Bertz CT molecular complexity index is 510. The fourth-order valence-electron chi connectivity index (χ4n) is 3.06. The van der Waals surface area contributed by atoms with Crippen LogP contribution in [0.2, 0.25) is 0 Å². The minimum absolute atomic E-state index is 0.0578. The van der Waals surface area contributed by atoms with Gasteiger partial charge in [0.2, 0.25) is 0 Å². The zero-order valence-electron chi connectivity index (χ0n) is 12.2. The number of benzene rings is 1. The number of aliphatic hydroxyl groups excluding tert-OH is 1. The molecule has 5 nitrogen and oxygen atoms in total. The third-order valence-corrected chi connectivity index (χ3v) is 4.26. The highest BCUT2D eigenvalue weighted by Crippen LogP contribution is 2.20. The van der Waals surface area contributed by atoms with Gasteiger partial charge in [0.15, 0.2) is 0 Å². The first-order valence-electron chi connectivity index (χ1n) is 7.62. The summed E-state index contributed by atoms with van der Waals surface area (Å²) in [6, 6.07) is 6.01. The molecule has 0 bridgehead atoms. The molecule has 21 heavy (non-hydrogen) atoms. The molecule has 1 amide bonds. The van der Waals surface area contributed by atoms with Crippen molar-refractivity contribution in [3.63, 3.8) is 0 Å². The number of amides is 1. The van der Waals surface area contributed by atoms with E-state index in [1.54, 1.807) is 0 Å². The minimum Gasteiger partial charge on any atom is -0.394 e. The van der Waals surface area contributed by atoms with Gasteiger partial charge in [0.1, 0.15) is 0 Å². The van der Waals surface area contributed by atoms with Crippen LogP contribution in [0, 0.1) is 0 Å². The molecule has 0 saturated carbocycles. The number of piperidine rings is 1. The summed E-state index contributed by atoms with van der Waals surface area (Å²) in [6.07, 6.45) is 1.86. The average molecular weight is 290 g/mol. The van der Waals surface area contributed by atoms with Crippen LogP contribution in [0.5, 0.6) is 0 Å². The van der Waals surface area contributed by atoms with Gasteiger partial charge in [-0.3, -0.25) is 4.79 Å². The maximum absolute atomic E-state index is 12.5. The van der Waals surface area contributed by atoms with Gasteiger partial charge in [0.25, 0.3) is 5.91 Å². The number of fused-ring (bicyclic) bond motifs is 1. The van der Waals surface area contributed by atoms with Crippen molar-refractivity contribution in [2.45, 2.75) is 32.0 Å². The number of carbonyl (C=O) groups is 1. The highest BCUT2D eigenvalue weighted by molar-refractivity contribution is 5.94. The van der Waals surface area contributed by atoms with Crippen LogP contribution in [-0.2, 0) is 17.8 Å². The third kappa shape index (κ3) is 3.26. The van der Waals surface area contributed by atoms with E-state index in [0.29, 0.717) is 6.61 Å². The summed E-state index contributed by atoms with van der Waals surface area (Å²) in [5, 5.41) is 12.1. The maximum Gasteiger partial charge on any atom is 0.253 e. The van der Waals surface area contributed by atoms with E-state index >= 15 is 0 Å². The highest BCUT2D eigenvalue weighted by atomic mass is 16.5. The Kier molecular flexibility index (Phi) is 4.53. The van der Waals surface area contributed by atoms with Gasteiger partial charge in [0.05, 0.1) is 19.3 Å². The third-order valence-electron chi connectivity index (χ3n) is 4.26. The van der Waals surface area contributed by atoms with Crippen LogP contribution in [0.1, 0.15) is 34.3 Å². The summed E-state index contributed by atoms with van der Waals surface area (Å²) in [6.45, 7) is 3.65. The van der Waals surface area contributed by atoms with Crippen LogP contribution in [0.15, 0.2) is 18.2 Å². The zero-order chi connectivity index (χ0) is 14.7. The van der Waals surface area contributed by atoms with Crippen molar-refractivity contribution in [1.82, 2.24) is 10.2 Å². The van der Waals surface area contributed by atoms with Crippen LogP contribution in [0.3, 0.4) is 0 Å². The zero-order valence-corrected chi connectivity index (χ0v) is 12.2. The molecule has 0 spiro atoms. The molecule has 1 aromatic rings. The van der Waals surface area contributed by atoms with E-state index < -0.39 is 0 Å². The number of ether oxygens (including phenoxy) is 1. The van der Waals surface area contributed by atoms with Gasteiger partial charge in [0, 0.05) is 31.7 Å². The van der Waals surface area contributed by atoms with E-state index in [4.69, 9.17) is 9.84 Å². The lowest BCUT2D eigenvalue weighted by Gasteiger charge is -2.32. The van der Waals surface area contributed by atoms with Gasteiger partial charge in [-0.05, 0) is 36.1 Å². The summed E-state index contributed by atoms with van der Waals surface area (Å²) in [5.41, 5.74) is 3.32. The molecule has 0 unspecified atom stereocenters. The average Bonchev–Trinajstić information content (AvgIpc) is 3.00. The molecule has 0 atom stereocenters. The molecule has 2 aliphatic rings. The van der Waals surface area contributed by atoms with Gasteiger partial charge < -0.3 is 20.1 Å². The van der Waals surface area contributed by atoms with Gasteiger partial charge in [-0.15, -0.1) is 0 Å². The van der Waals surface area contributed by atoms with Crippen LogP contribution in [-0.4, -0.2) is 48.3 Å². The molecule has 5 heteroatoms. The van der Waals surface area contributed by atoms with Crippen LogP contribution < -0.4 is 5.32 Å². The van der Waals surface area contributed by atoms with Gasteiger partial charge in [-0.1, -0.05) is 6.07 Å². The Hall–Kier alpha value is -1.43. The molecule has 0 radical (unpaired) electrons. The quantitative estimate of drug-likeness (QED) is 0.865. The Morgan fingerprint density at radius 3 is 2.81 bits per heavy atom. The summed E-state index contributed by atoms with van der Waals surface area (Å²) in [4.78, 5) is 14.5. The molecular weight excluding hydrogens is 268 g/mol. The van der Waals surface area contributed by atoms with Crippen molar-refractivity contribution in [1.29, 1.82) is 0 Å². The second-order valence-corrected chi connectivity index (χ2v) is 5.67. The second kappa shape index (κ2) is 6.56. The predicted octanol–water partition coefficient (Wildman–Crippen LogP) is 0.903. The lowest BCUT2D eigenvalue weighted by Crippen LogP contribution is -2.41. The first kappa shape index (κ1) is 14.5. The topological polar surface area (TPSA) is 61.8 Å². The van der Waals surface area contributed by atoms with Crippen molar-refractivity contribution in [2.75, 3.05) is 26.3 Å². The Labute approximate surface area is 124 Å². The van der Waals surface area contributed by atoms with Gasteiger partial charge in [-0.2, -0.15) is 0 Å². The van der Waals surface area contributed by atoms with Crippen LogP contribution in [0.25, 0.3) is 0 Å². The summed E-state index contributed by atoms with van der Waals surface area (Å²) >= 11 is 0. The van der Waals surface area contributed by atoms with Crippen LogP contribution in [0.4, 0.5) is 0 Å². The maximum atomic E-state index is 12.5. The fraction of sp³-hybridized carbons (Fsp3) is 0.562. The summed E-state index contributed by atoms with van der Waals surface area (Å²) in [5.74, 6) is 0.116. The summed E-state index contributed by atoms with van der Waals surface area (Å²) < 4.78 is 5.53. The first-order valence-corrected chi connectivity index (χ1v) is 7.62. The smallest absolute Gasteiger partial charge is 0.253 e. The standard InChI is InChI=1S/C16H22N2O3/c19-7-8-21-15-3-5-18(6-4-15)16(20)12-1-2-13-10-17-11-14(13)9-12/h1-2,9,15,17,19H,3-8,10-11H2. The van der Waals surface area contributed by atoms with E-state index in [0.717, 1.165) is 44.6 Å². The largest absolute Gasteiger partial charge is 0.394 e. The van der Waals surface area contributed by atoms with Gasteiger partial charge in [-0.25, -0.2) is 0 Å². The number of carbonyl (C=O) groups excluding carboxylic acids is 1. The van der Waals surface area contributed by atoms with E-state index in [9.17, 15) is 4.79 Å². The molecule has 0 aliphatic carbocycles. The predicted molar refractivity (Wildman–Crippen MR) is 78.9 cm³/mol. The lowest BCUT2D eigenvalue weighted by molar-refractivity contribution is -0.00554. The molecule has 1 fully saturated rings. The Balaban J connectivity index is 1.59. The van der Waals surface area contributed by atoms with Gasteiger partial charge >= 0.3 is 0 Å². The van der Waals surface area contributed by atoms with E-state index in [2.05, 4.69) is 11.4 Å². The molecular formula is C16H22N2O3. The number of aliphatic hydroxyl groups is 1. The summed E-state index contributed by atoms with van der Waals surface area (Å²) in [7, 11) is 0. The number of likely N-dealkylation sites (tertiary alicyclic amines) is 1. The number of rotatable bonds is 4. The SMILES string of the molecule is O=C(c1ccc2c(c1)CNC2)N1CCC(OCCO)CC1. The molecule has 2 N–H and O–H groups in total. The molecule has 0 aromatic heterocycles. The molecule has 2 heterocycles. The molecule has 114 valence electrons. The Morgan fingerprint density at radius 1 is 1.29 bits per heavy atom. The number of hydrogen-bond donors (Lipinski definition) is 2. The Morgan fingerprint density at radius 2 is 2.05 bits per heavy atom. The molecule has 2 aliphatic heterocycles. The lowest BCUT2D eigenvalue weighted by atomic mass is 10.0. The molecule has 3 rings (SSSR count). The van der Waals surface area contributed by atoms with Crippen LogP contribution >= 0.6 is 0 Å². The molecule has 1 saturated heterocycles. The normalized spacial score (nSPS) is 18.8. The first-order chi connectivity index (χ1) is 10.3. The van der Waals surface area contributed by atoms with E-state index in [1.165, 1.54) is 11.1 Å².